The van der Waals surface area contributed by atoms with Gasteiger partial charge in [-0.1, -0.05) is 6.08 Å². The first-order chi connectivity index (χ1) is 7.20. The third-order valence-electron chi connectivity index (χ3n) is 2.07. The highest BCUT2D eigenvalue weighted by molar-refractivity contribution is 5.41. The fourth-order valence-electron chi connectivity index (χ4n) is 1.33. The van der Waals surface area contributed by atoms with Crippen LogP contribution >= 0.6 is 0 Å². The topological polar surface area (TPSA) is 50.8 Å². The average molecular weight is 205 g/mol. The number of unbranched alkanes of at least 4 members (excludes halogenated alkanes) is 1. The molecule has 4 nitrogen and oxygen atoms in total. The maximum absolute atomic E-state index is 8.92. The van der Waals surface area contributed by atoms with Crippen LogP contribution < -0.4 is 4.74 Å². The molecule has 0 amide bonds. The Hall–Kier alpha value is -1.76. The highest BCUT2D eigenvalue weighted by Crippen LogP contribution is 2.20. The molecule has 0 aromatic carbocycles. The van der Waals surface area contributed by atoms with Gasteiger partial charge in [0.15, 0.2) is 0 Å². The molecule has 1 aromatic heterocycles. The Balaban J connectivity index is 2.68. The second kappa shape index (κ2) is 5.20. The van der Waals surface area contributed by atoms with Crippen molar-refractivity contribution in [2.45, 2.75) is 19.8 Å². The smallest absolute Gasteiger partial charge is 0.230 e. The van der Waals surface area contributed by atoms with Gasteiger partial charge in [-0.25, -0.2) is 4.68 Å². The van der Waals surface area contributed by atoms with E-state index in [4.69, 9.17) is 10.00 Å². The Morgan fingerprint density at radius 3 is 3.00 bits per heavy atom. The van der Waals surface area contributed by atoms with Gasteiger partial charge < -0.3 is 4.74 Å². The predicted molar refractivity (Wildman–Crippen MR) is 57.6 cm³/mol. The van der Waals surface area contributed by atoms with Crippen molar-refractivity contribution in [2.24, 2.45) is 7.05 Å². The summed E-state index contributed by atoms with van der Waals surface area (Å²) in [6.45, 7) is 6.02. The minimum Gasteiger partial charge on any atom is -0.477 e. The van der Waals surface area contributed by atoms with Crippen LogP contribution in [0.25, 0.3) is 0 Å². The highest BCUT2D eigenvalue weighted by atomic mass is 16.5. The zero-order valence-corrected chi connectivity index (χ0v) is 9.16. The van der Waals surface area contributed by atoms with Gasteiger partial charge in [0, 0.05) is 7.05 Å². The van der Waals surface area contributed by atoms with Crippen LogP contribution in [0.1, 0.15) is 24.1 Å². The van der Waals surface area contributed by atoms with Gasteiger partial charge in [0.2, 0.25) is 5.88 Å². The molecular formula is C11H15N3O. The van der Waals surface area contributed by atoms with Crippen molar-refractivity contribution in [1.82, 2.24) is 9.78 Å². The molecule has 15 heavy (non-hydrogen) atoms. The number of allylic oxidation sites excluding steroid dienone is 1. The van der Waals surface area contributed by atoms with Gasteiger partial charge >= 0.3 is 0 Å². The van der Waals surface area contributed by atoms with Crippen LogP contribution in [-0.4, -0.2) is 16.4 Å². The molecule has 0 radical (unpaired) electrons. The number of nitriles is 1. The van der Waals surface area contributed by atoms with Gasteiger partial charge in [-0.05, 0) is 19.8 Å². The summed E-state index contributed by atoms with van der Waals surface area (Å²) in [7, 11) is 1.77. The molecule has 0 spiro atoms. The van der Waals surface area contributed by atoms with E-state index in [2.05, 4.69) is 17.7 Å². The molecule has 0 aliphatic carbocycles. The zero-order chi connectivity index (χ0) is 11.3. The summed E-state index contributed by atoms with van der Waals surface area (Å²) in [4.78, 5) is 0. The van der Waals surface area contributed by atoms with Crippen LogP contribution in [0.3, 0.4) is 0 Å². The van der Waals surface area contributed by atoms with E-state index in [9.17, 15) is 0 Å². The normalized spacial score (nSPS) is 9.67. The molecule has 1 heterocycles. The van der Waals surface area contributed by atoms with E-state index in [1.807, 2.05) is 6.08 Å². The largest absolute Gasteiger partial charge is 0.477 e. The predicted octanol–water partition coefficient (Wildman–Crippen LogP) is 1.95. The molecule has 1 aromatic rings. The minimum atomic E-state index is 0.524. The van der Waals surface area contributed by atoms with Crippen LogP contribution in [0.5, 0.6) is 5.88 Å². The first-order valence-electron chi connectivity index (χ1n) is 4.88. The SMILES string of the molecule is C=CCCCOc1c(C#N)c(C)nn1C. The number of aromatic nitrogens is 2. The lowest BCUT2D eigenvalue weighted by Gasteiger charge is -2.05. The van der Waals surface area contributed by atoms with E-state index in [0.717, 1.165) is 12.8 Å². The molecule has 0 atom stereocenters. The van der Waals surface area contributed by atoms with E-state index in [1.165, 1.54) is 0 Å². The van der Waals surface area contributed by atoms with Crippen LogP contribution in [0.4, 0.5) is 0 Å². The third-order valence-corrected chi connectivity index (χ3v) is 2.07. The number of hydrogen-bond acceptors (Lipinski definition) is 3. The summed E-state index contributed by atoms with van der Waals surface area (Å²) in [6, 6.07) is 2.10. The number of hydrogen-bond donors (Lipinski definition) is 0. The first-order valence-corrected chi connectivity index (χ1v) is 4.88. The lowest BCUT2D eigenvalue weighted by molar-refractivity contribution is 0.285. The molecule has 0 saturated heterocycles. The standard InChI is InChI=1S/C11H15N3O/c1-4-5-6-7-15-11-10(8-12)9(2)13-14(11)3/h4H,1,5-7H2,2-3H3. The van der Waals surface area contributed by atoms with Crippen molar-refractivity contribution in [1.29, 1.82) is 5.26 Å². The Morgan fingerprint density at radius 1 is 1.67 bits per heavy atom. The number of nitrogens with zero attached hydrogens (tertiary/aromatic N) is 3. The number of rotatable bonds is 5. The molecule has 80 valence electrons. The molecule has 0 fully saturated rings. The Morgan fingerprint density at radius 2 is 2.40 bits per heavy atom. The molecule has 0 saturated carbocycles. The van der Waals surface area contributed by atoms with E-state index < -0.39 is 0 Å². The van der Waals surface area contributed by atoms with Crippen molar-refractivity contribution in [3.63, 3.8) is 0 Å². The zero-order valence-electron chi connectivity index (χ0n) is 9.16. The summed E-state index contributed by atoms with van der Waals surface area (Å²) in [5.41, 5.74) is 1.23. The van der Waals surface area contributed by atoms with E-state index >= 15 is 0 Å². The number of aryl methyl sites for hydroxylation is 2. The first kappa shape index (κ1) is 11.3. The Kier molecular flexibility index (Phi) is 3.92. The van der Waals surface area contributed by atoms with Crippen molar-refractivity contribution < 1.29 is 4.74 Å². The van der Waals surface area contributed by atoms with Crippen molar-refractivity contribution in [2.75, 3.05) is 6.61 Å². The monoisotopic (exact) mass is 205 g/mol. The highest BCUT2D eigenvalue weighted by Gasteiger charge is 2.13. The summed E-state index contributed by atoms with van der Waals surface area (Å²) >= 11 is 0. The van der Waals surface area contributed by atoms with Crippen molar-refractivity contribution in [3.8, 4) is 11.9 Å². The maximum atomic E-state index is 8.92. The van der Waals surface area contributed by atoms with Crippen LogP contribution in [-0.2, 0) is 7.05 Å². The molecule has 0 aliphatic rings. The number of ether oxygens (including phenoxy) is 1. The fraction of sp³-hybridized carbons (Fsp3) is 0.455. The van der Waals surface area contributed by atoms with E-state index in [0.29, 0.717) is 23.7 Å². The summed E-state index contributed by atoms with van der Waals surface area (Å²) < 4.78 is 7.11. The van der Waals surface area contributed by atoms with Crippen molar-refractivity contribution >= 4 is 0 Å². The summed E-state index contributed by atoms with van der Waals surface area (Å²) in [6.07, 6.45) is 3.67. The molecule has 4 heteroatoms. The third kappa shape index (κ3) is 2.59. The lowest BCUT2D eigenvalue weighted by Crippen LogP contribution is -2.03. The van der Waals surface area contributed by atoms with Crippen LogP contribution in [0.15, 0.2) is 12.7 Å². The fourth-order valence-corrected chi connectivity index (χ4v) is 1.33. The molecule has 0 bridgehead atoms. The molecule has 1 rings (SSSR count). The van der Waals surface area contributed by atoms with E-state index in [1.54, 1.807) is 18.7 Å². The Labute approximate surface area is 89.8 Å². The molecule has 0 N–H and O–H groups in total. The molecule has 0 unspecified atom stereocenters. The second-order valence-corrected chi connectivity index (χ2v) is 3.28. The van der Waals surface area contributed by atoms with Gasteiger partial charge in [0.05, 0.1) is 12.3 Å². The molecule has 0 aliphatic heterocycles. The van der Waals surface area contributed by atoms with E-state index in [-0.39, 0.29) is 0 Å². The van der Waals surface area contributed by atoms with Gasteiger partial charge in [0.25, 0.3) is 0 Å². The average Bonchev–Trinajstić information content (AvgIpc) is 2.48. The van der Waals surface area contributed by atoms with Crippen molar-refractivity contribution in [3.05, 3.63) is 23.9 Å². The quantitative estimate of drug-likeness (QED) is 0.545. The van der Waals surface area contributed by atoms with Gasteiger partial charge in [-0.3, -0.25) is 0 Å². The summed E-state index contributed by atoms with van der Waals surface area (Å²) in [5.74, 6) is 0.555. The summed E-state index contributed by atoms with van der Waals surface area (Å²) in [5, 5.41) is 13.0. The molecular weight excluding hydrogens is 190 g/mol. The van der Waals surface area contributed by atoms with Crippen LogP contribution in [0, 0.1) is 18.3 Å². The van der Waals surface area contributed by atoms with Crippen LogP contribution in [0.2, 0.25) is 0 Å². The van der Waals surface area contributed by atoms with Gasteiger partial charge in [0.1, 0.15) is 11.6 Å². The van der Waals surface area contributed by atoms with Gasteiger partial charge in [-0.15, -0.1) is 6.58 Å². The lowest BCUT2D eigenvalue weighted by atomic mass is 10.3. The maximum Gasteiger partial charge on any atom is 0.230 e. The second-order valence-electron chi connectivity index (χ2n) is 3.28. The van der Waals surface area contributed by atoms with Gasteiger partial charge in [-0.2, -0.15) is 10.4 Å². The Bertz CT molecular complexity index is 387. The minimum absolute atomic E-state index is 0.524.